The van der Waals surface area contributed by atoms with E-state index in [0.717, 1.165) is 10.8 Å². The van der Waals surface area contributed by atoms with Crippen LogP contribution in [-0.4, -0.2) is 22.1 Å². The molecule has 0 aromatic heterocycles. The summed E-state index contributed by atoms with van der Waals surface area (Å²) < 4.78 is 5.62. The molecule has 0 radical (unpaired) electrons. The number of nitrogens with zero attached hydrogens (tertiary/aromatic N) is 1. The second-order valence-corrected chi connectivity index (χ2v) is 5.58. The monoisotopic (exact) mass is 337 g/mol. The van der Waals surface area contributed by atoms with E-state index in [0.29, 0.717) is 11.3 Å². The maximum Gasteiger partial charge on any atom is 0.345 e. The van der Waals surface area contributed by atoms with Gasteiger partial charge in [0.05, 0.1) is 4.92 Å². The topological polar surface area (TPSA) is 89.7 Å². The maximum atomic E-state index is 11.5. The van der Waals surface area contributed by atoms with Crippen LogP contribution in [0.4, 0.5) is 5.69 Å². The van der Waals surface area contributed by atoms with E-state index in [1.54, 1.807) is 18.2 Å². The van der Waals surface area contributed by atoms with Gasteiger partial charge >= 0.3 is 5.97 Å². The summed E-state index contributed by atoms with van der Waals surface area (Å²) in [7, 11) is 0. The first-order valence-electron chi connectivity index (χ1n) is 7.64. The molecule has 0 bridgehead atoms. The molecule has 0 heterocycles. The number of hydrogen-bond donors (Lipinski definition) is 1. The SMILES string of the molecule is O=C(O)[C@@H](Cc1cccc([N+](=O)[O-])c1)Oc1ccc2ccccc2c1. The molecule has 6 nitrogen and oxygen atoms in total. The molecule has 1 atom stereocenters. The highest BCUT2D eigenvalue weighted by Crippen LogP contribution is 2.23. The summed E-state index contributed by atoms with van der Waals surface area (Å²) in [5, 5.41) is 22.2. The van der Waals surface area contributed by atoms with Crippen LogP contribution >= 0.6 is 0 Å². The highest BCUT2D eigenvalue weighted by atomic mass is 16.6. The number of nitro benzene ring substituents is 1. The lowest BCUT2D eigenvalue weighted by Gasteiger charge is -2.15. The fourth-order valence-corrected chi connectivity index (χ4v) is 2.60. The fraction of sp³-hybridized carbons (Fsp3) is 0.105. The number of aliphatic carboxylic acids is 1. The number of carboxylic acid groups (broad SMARTS) is 1. The first-order valence-corrected chi connectivity index (χ1v) is 7.64. The van der Waals surface area contributed by atoms with Crippen molar-refractivity contribution >= 4 is 22.4 Å². The second-order valence-electron chi connectivity index (χ2n) is 5.58. The smallest absolute Gasteiger partial charge is 0.345 e. The minimum absolute atomic E-state index is 0.0316. The van der Waals surface area contributed by atoms with Gasteiger partial charge in [0, 0.05) is 18.6 Å². The minimum atomic E-state index is -1.14. The van der Waals surface area contributed by atoms with Gasteiger partial charge in [-0.2, -0.15) is 0 Å². The number of benzene rings is 3. The predicted molar refractivity (Wildman–Crippen MR) is 92.8 cm³/mol. The molecule has 0 fully saturated rings. The molecule has 3 rings (SSSR count). The van der Waals surface area contributed by atoms with Crippen LogP contribution in [0.2, 0.25) is 0 Å². The van der Waals surface area contributed by atoms with Crippen LogP contribution in [0, 0.1) is 10.1 Å². The minimum Gasteiger partial charge on any atom is -0.478 e. The summed E-state index contributed by atoms with van der Waals surface area (Å²) in [6.07, 6.45) is -1.10. The Balaban J connectivity index is 1.82. The van der Waals surface area contributed by atoms with Crippen molar-refractivity contribution in [2.75, 3.05) is 0 Å². The molecular weight excluding hydrogens is 322 g/mol. The third-order valence-corrected chi connectivity index (χ3v) is 3.82. The van der Waals surface area contributed by atoms with Crippen LogP contribution in [0.3, 0.4) is 0 Å². The summed E-state index contributed by atoms with van der Waals surface area (Å²) >= 11 is 0. The van der Waals surface area contributed by atoms with Gasteiger partial charge in [-0.05, 0) is 28.5 Å². The quantitative estimate of drug-likeness (QED) is 0.545. The highest BCUT2D eigenvalue weighted by molar-refractivity contribution is 5.84. The van der Waals surface area contributed by atoms with Gasteiger partial charge in [0.15, 0.2) is 6.10 Å². The zero-order chi connectivity index (χ0) is 17.8. The lowest BCUT2D eigenvalue weighted by Crippen LogP contribution is -2.29. The van der Waals surface area contributed by atoms with Crippen molar-refractivity contribution in [3.05, 3.63) is 82.4 Å². The first-order chi connectivity index (χ1) is 12.0. The van der Waals surface area contributed by atoms with Crippen LogP contribution in [0.1, 0.15) is 5.56 Å². The van der Waals surface area contributed by atoms with Crippen molar-refractivity contribution in [3.8, 4) is 5.75 Å². The van der Waals surface area contributed by atoms with Crippen LogP contribution in [-0.2, 0) is 11.2 Å². The molecule has 0 amide bonds. The van der Waals surface area contributed by atoms with Gasteiger partial charge in [0.2, 0.25) is 0 Å². The third-order valence-electron chi connectivity index (χ3n) is 3.82. The zero-order valence-corrected chi connectivity index (χ0v) is 13.2. The van der Waals surface area contributed by atoms with Crippen molar-refractivity contribution in [2.45, 2.75) is 12.5 Å². The summed E-state index contributed by atoms with van der Waals surface area (Å²) in [4.78, 5) is 21.9. The second kappa shape index (κ2) is 7.00. The Morgan fingerprint density at radius 1 is 1.04 bits per heavy atom. The Labute approximate surface area is 143 Å². The summed E-state index contributed by atoms with van der Waals surface area (Å²) in [6.45, 7) is 0. The number of nitro groups is 1. The van der Waals surface area contributed by atoms with Crippen molar-refractivity contribution in [1.82, 2.24) is 0 Å². The van der Waals surface area contributed by atoms with Crippen molar-refractivity contribution in [3.63, 3.8) is 0 Å². The average molecular weight is 337 g/mol. The molecule has 0 aliphatic heterocycles. The number of ether oxygens (including phenoxy) is 1. The Hall–Kier alpha value is -3.41. The summed E-state index contributed by atoms with van der Waals surface area (Å²) in [6, 6.07) is 18.9. The third kappa shape index (κ3) is 3.92. The molecule has 3 aromatic carbocycles. The molecule has 0 saturated carbocycles. The van der Waals surface area contributed by atoms with Crippen LogP contribution in [0.25, 0.3) is 10.8 Å². The molecule has 1 N–H and O–H groups in total. The van der Waals surface area contributed by atoms with E-state index in [1.807, 2.05) is 30.3 Å². The highest BCUT2D eigenvalue weighted by Gasteiger charge is 2.21. The molecule has 126 valence electrons. The molecule has 0 aliphatic rings. The van der Waals surface area contributed by atoms with Gasteiger partial charge in [-0.1, -0.05) is 42.5 Å². The maximum absolute atomic E-state index is 11.5. The van der Waals surface area contributed by atoms with E-state index in [2.05, 4.69) is 0 Å². The Kier molecular flexibility index (Phi) is 4.61. The lowest BCUT2D eigenvalue weighted by molar-refractivity contribution is -0.384. The van der Waals surface area contributed by atoms with E-state index < -0.39 is 17.0 Å². The van der Waals surface area contributed by atoms with Crippen LogP contribution in [0.5, 0.6) is 5.75 Å². The van der Waals surface area contributed by atoms with Gasteiger partial charge in [-0.25, -0.2) is 4.79 Å². The normalized spacial score (nSPS) is 11.8. The predicted octanol–water partition coefficient (Wildman–Crippen LogP) is 3.82. The Morgan fingerprint density at radius 3 is 2.52 bits per heavy atom. The number of rotatable bonds is 6. The van der Waals surface area contributed by atoms with Crippen molar-refractivity contribution in [2.24, 2.45) is 0 Å². The van der Waals surface area contributed by atoms with Crippen molar-refractivity contribution < 1.29 is 19.6 Å². The Morgan fingerprint density at radius 2 is 1.80 bits per heavy atom. The molecule has 0 aliphatic carbocycles. The standard InChI is InChI=1S/C19H15NO5/c21-19(22)18(11-13-4-3-7-16(10-13)20(23)24)25-17-9-8-14-5-1-2-6-15(14)12-17/h1-10,12,18H,11H2,(H,21,22)/t18-/m1/s1. The molecule has 0 spiro atoms. The number of fused-ring (bicyclic) bond motifs is 1. The van der Waals surface area contributed by atoms with Gasteiger partial charge in [0.1, 0.15) is 5.75 Å². The number of carboxylic acids is 1. The largest absolute Gasteiger partial charge is 0.478 e. The Bertz CT molecular complexity index is 938. The van der Waals surface area contributed by atoms with Gasteiger partial charge in [0.25, 0.3) is 5.69 Å². The molecule has 25 heavy (non-hydrogen) atoms. The average Bonchev–Trinajstić information content (AvgIpc) is 2.61. The van der Waals surface area contributed by atoms with E-state index in [1.165, 1.54) is 18.2 Å². The number of carbonyl (C=O) groups is 1. The van der Waals surface area contributed by atoms with Gasteiger partial charge < -0.3 is 9.84 Å². The molecule has 6 heteroatoms. The molecule has 3 aromatic rings. The summed E-state index contributed by atoms with van der Waals surface area (Å²) in [5.74, 6) is -0.684. The molecular formula is C19H15NO5. The van der Waals surface area contributed by atoms with E-state index >= 15 is 0 Å². The lowest BCUT2D eigenvalue weighted by atomic mass is 10.1. The summed E-state index contributed by atoms with van der Waals surface area (Å²) in [5.41, 5.74) is 0.453. The van der Waals surface area contributed by atoms with Gasteiger partial charge in [-0.15, -0.1) is 0 Å². The first kappa shape index (κ1) is 16.4. The molecule has 0 unspecified atom stereocenters. The van der Waals surface area contributed by atoms with E-state index in [-0.39, 0.29) is 12.1 Å². The van der Waals surface area contributed by atoms with Crippen LogP contribution < -0.4 is 4.74 Å². The number of hydrogen-bond acceptors (Lipinski definition) is 4. The molecule has 0 saturated heterocycles. The van der Waals surface area contributed by atoms with Crippen molar-refractivity contribution in [1.29, 1.82) is 0 Å². The van der Waals surface area contributed by atoms with E-state index in [9.17, 15) is 20.0 Å². The zero-order valence-electron chi connectivity index (χ0n) is 13.2. The number of non-ortho nitro benzene ring substituents is 1. The van der Waals surface area contributed by atoms with E-state index in [4.69, 9.17) is 4.74 Å². The van der Waals surface area contributed by atoms with Crippen LogP contribution in [0.15, 0.2) is 66.7 Å². The van der Waals surface area contributed by atoms with Gasteiger partial charge in [-0.3, -0.25) is 10.1 Å². The fourth-order valence-electron chi connectivity index (χ4n) is 2.60.